The van der Waals surface area contributed by atoms with E-state index in [2.05, 4.69) is 6.92 Å². The lowest BCUT2D eigenvalue weighted by molar-refractivity contribution is -0.144. The zero-order valence-corrected chi connectivity index (χ0v) is 13.1. The fraction of sp³-hybridized carbons (Fsp3) is 0.929. The summed E-state index contributed by atoms with van der Waals surface area (Å²) in [4.78, 5) is 13.5. The number of ether oxygens (including phenoxy) is 4. The van der Waals surface area contributed by atoms with E-state index in [1.807, 2.05) is 11.8 Å². The van der Waals surface area contributed by atoms with Gasteiger partial charge in [0.05, 0.1) is 46.2 Å². The Kier molecular flexibility index (Phi) is 14.2. The van der Waals surface area contributed by atoms with E-state index >= 15 is 0 Å². The number of methoxy groups -OCH3 is 1. The largest absolute Gasteiger partial charge is 0.465 e. The van der Waals surface area contributed by atoms with Crippen molar-refractivity contribution in [2.45, 2.75) is 20.3 Å². The summed E-state index contributed by atoms with van der Waals surface area (Å²) in [7, 11) is 1.64. The Balaban J connectivity index is 3.57. The molecule has 0 saturated heterocycles. The Labute approximate surface area is 122 Å². The van der Waals surface area contributed by atoms with E-state index in [0.717, 1.165) is 19.5 Å². The molecule has 0 aliphatic rings. The quantitative estimate of drug-likeness (QED) is 0.351. The van der Waals surface area contributed by atoms with Crippen LogP contribution in [0.15, 0.2) is 0 Å². The molecule has 0 radical (unpaired) electrons. The van der Waals surface area contributed by atoms with E-state index in [-0.39, 0.29) is 5.97 Å². The predicted molar refractivity (Wildman–Crippen MR) is 76.9 cm³/mol. The summed E-state index contributed by atoms with van der Waals surface area (Å²) in [5, 5.41) is 0. The number of carbonyl (C=O) groups is 1. The van der Waals surface area contributed by atoms with E-state index in [4.69, 9.17) is 18.9 Å². The maximum absolute atomic E-state index is 11.4. The van der Waals surface area contributed by atoms with Crippen LogP contribution in [0.1, 0.15) is 20.3 Å². The molecule has 0 bridgehead atoms. The SMILES string of the molecule is CCCN(CCOCCOCCOC)CC(=O)OCC. The zero-order valence-electron chi connectivity index (χ0n) is 13.1. The number of nitrogens with zero attached hydrogens (tertiary/aromatic N) is 1. The van der Waals surface area contributed by atoms with Crippen molar-refractivity contribution >= 4 is 5.97 Å². The molecule has 6 heteroatoms. The van der Waals surface area contributed by atoms with Gasteiger partial charge in [0.1, 0.15) is 0 Å². The molecular formula is C14H29NO5. The fourth-order valence-electron chi connectivity index (χ4n) is 1.63. The van der Waals surface area contributed by atoms with E-state index < -0.39 is 0 Å². The molecule has 0 saturated carbocycles. The van der Waals surface area contributed by atoms with Crippen LogP contribution in [0.25, 0.3) is 0 Å². The summed E-state index contributed by atoms with van der Waals surface area (Å²) >= 11 is 0. The smallest absolute Gasteiger partial charge is 0.320 e. The van der Waals surface area contributed by atoms with Gasteiger partial charge in [0, 0.05) is 13.7 Å². The van der Waals surface area contributed by atoms with E-state index in [0.29, 0.717) is 46.2 Å². The Hall–Kier alpha value is -0.690. The molecule has 0 aromatic carbocycles. The molecule has 20 heavy (non-hydrogen) atoms. The lowest BCUT2D eigenvalue weighted by Gasteiger charge is -2.20. The summed E-state index contributed by atoms with van der Waals surface area (Å²) in [5.41, 5.74) is 0. The van der Waals surface area contributed by atoms with Gasteiger partial charge in [-0.05, 0) is 19.9 Å². The Morgan fingerprint density at radius 1 is 0.950 bits per heavy atom. The topological polar surface area (TPSA) is 57.2 Å². The molecule has 0 spiro atoms. The molecule has 0 atom stereocenters. The summed E-state index contributed by atoms with van der Waals surface area (Å²) in [6, 6.07) is 0. The first-order chi connectivity index (χ1) is 9.74. The second-order valence-electron chi connectivity index (χ2n) is 4.30. The molecule has 0 fully saturated rings. The van der Waals surface area contributed by atoms with Crippen molar-refractivity contribution in [1.82, 2.24) is 4.90 Å². The first-order valence-electron chi connectivity index (χ1n) is 7.26. The Bertz CT molecular complexity index is 226. The van der Waals surface area contributed by atoms with Gasteiger partial charge in [-0.25, -0.2) is 0 Å². The molecular weight excluding hydrogens is 262 g/mol. The van der Waals surface area contributed by atoms with Gasteiger partial charge < -0.3 is 18.9 Å². The molecule has 0 aliphatic heterocycles. The summed E-state index contributed by atoms with van der Waals surface area (Å²) in [6.45, 7) is 9.15. The van der Waals surface area contributed by atoms with Gasteiger partial charge in [-0.15, -0.1) is 0 Å². The van der Waals surface area contributed by atoms with Crippen LogP contribution in [0.5, 0.6) is 0 Å². The van der Waals surface area contributed by atoms with Crippen LogP contribution < -0.4 is 0 Å². The first kappa shape index (κ1) is 19.3. The van der Waals surface area contributed by atoms with Gasteiger partial charge in [0.15, 0.2) is 0 Å². The maximum atomic E-state index is 11.4. The number of hydrogen-bond acceptors (Lipinski definition) is 6. The highest BCUT2D eigenvalue weighted by atomic mass is 16.5. The van der Waals surface area contributed by atoms with E-state index in [1.165, 1.54) is 0 Å². The van der Waals surface area contributed by atoms with Gasteiger partial charge in [-0.3, -0.25) is 9.69 Å². The molecule has 0 unspecified atom stereocenters. The van der Waals surface area contributed by atoms with Crippen molar-refractivity contribution in [3.63, 3.8) is 0 Å². The van der Waals surface area contributed by atoms with Gasteiger partial charge in [-0.2, -0.15) is 0 Å². The molecule has 0 amide bonds. The molecule has 0 rings (SSSR count). The third-order valence-electron chi connectivity index (χ3n) is 2.55. The highest BCUT2D eigenvalue weighted by molar-refractivity contribution is 5.71. The third-order valence-corrected chi connectivity index (χ3v) is 2.55. The lowest BCUT2D eigenvalue weighted by Crippen LogP contribution is -2.34. The Morgan fingerprint density at radius 2 is 1.60 bits per heavy atom. The minimum atomic E-state index is -0.177. The van der Waals surface area contributed by atoms with Crippen molar-refractivity contribution in [2.75, 3.05) is 66.4 Å². The summed E-state index contributed by atoms with van der Waals surface area (Å²) in [6.07, 6.45) is 1.000. The predicted octanol–water partition coefficient (Wildman–Crippen LogP) is 0.941. The van der Waals surface area contributed by atoms with Gasteiger partial charge >= 0.3 is 5.97 Å². The van der Waals surface area contributed by atoms with Gasteiger partial charge in [0.2, 0.25) is 0 Å². The van der Waals surface area contributed by atoms with Crippen molar-refractivity contribution in [1.29, 1.82) is 0 Å². The second kappa shape index (κ2) is 14.7. The van der Waals surface area contributed by atoms with Crippen LogP contribution in [0.2, 0.25) is 0 Å². The lowest BCUT2D eigenvalue weighted by atomic mass is 10.4. The minimum absolute atomic E-state index is 0.177. The average Bonchev–Trinajstić information content (AvgIpc) is 2.42. The van der Waals surface area contributed by atoms with Crippen LogP contribution >= 0.6 is 0 Å². The van der Waals surface area contributed by atoms with Gasteiger partial charge in [0.25, 0.3) is 0 Å². The number of carbonyl (C=O) groups excluding carboxylic acids is 1. The standard InChI is InChI=1S/C14H29NO5/c1-4-6-15(13-14(16)20-5-2)7-8-18-11-12-19-10-9-17-3/h4-13H2,1-3H3. The number of esters is 1. The molecule has 6 nitrogen and oxygen atoms in total. The van der Waals surface area contributed by atoms with Gasteiger partial charge in [-0.1, -0.05) is 6.92 Å². The fourth-order valence-corrected chi connectivity index (χ4v) is 1.63. The highest BCUT2D eigenvalue weighted by Crippen LogP contribution is 1.94. The summed E-state index contributed by atoms with van der Waals surface area (Å²) < 4.78 is 20.6. The first-order valence-corrected chi connectivity index (χ1v) is 7.26. The zero-order chi connectivity index (χ0) is 15.1. The monoisotopic (exact) mass is 291 g/mol. The van der Waals surface area contributed by atoms with Crippen molar-refractivity contribution in [3.8, 4) is 0 Å². The second-order valence-corrected chi connectivity index (χ2v) is 4.30. The molecule has 120 valence electrons. The number of rotatable bonds is 14. The highest BCUT2D eigenvalue weighted by Gasteiger charge is 2.10. The summed E-state index contributed by atoms with van der Waals surface area (Å²) in [5.74, 6) is -0.177. The van der Waals surface area contributed by atoms with Crippen molar-refractivity contribution < 1.29 is 23.7 Å². The molecule has 0 N–H and O–H groups in total. The van der Waals surface area contributed by atoms with E-state index in [1.54, 1.807) is 7.11 Å². The Morgan fingerprint density at radius 3 is 2.20 bits per heavy atom. The number of hydrogen-bond donors (Lipinski definition) is 0. The van der Waals surface area contributed by atoms with Crippen LogP contribution in [0.3, 0.4) is 0 Å². The van der Waals surface area contributed by atoms with Crippen LogP contribution in [-0.4, -0.2) is 77.3 Å². The van der Waals surface area contributed by atoms with Crippen molar-refractivity contribution in [2.24, 2.45) is 0 Å². The molecule has 0 aliphatic carbocycles. The average molecular weight is 291 g/mol. The molecule has 0 aromatic rings. The maximum Gasteiger partial charge on any atom is 0.320 e. The molecule has 0 heterocycles. The van der Waals surface area contributed by atoms with E-state index in [9.17, 15) is 4.79 Å². The molecule has 0 aromatic heterocycles. The minimum Gasteiger partial charge on any atom is -0.465 e. The van der Waals surface area contributed by atoms with Crippen LogP contribution in [0, 0.1) is 0 Å². The van der Waals surface area contributed by atoms with Crippen LogP contribution in [-0.2, 0) is 23.7 Å². The van der Waals surface area contributed by atoms with Crippen molar-refractivity contribution in [3.05, 3.63) is 0 Å². The normalized spacial score (nSPS) is 11.0. The third kappa shape index (κ3) is 12.3. The van der Waals surface area contributed by atoms with Crippen LogP contribution in [0.4, 0.5) is 0 Å².